The number of hydrogen-bond donors (Lipinski definition) is 8. The van der Waals surface area contributed by atoms with Crippen molar-refractivity contribution < 1.29 is 34.5 Å². The number of guanidine groups is 1. The van der Waals surface area contributed by atoms with Crippen molar-refractivity contribution in [2.24, 2.45) is 11.5 Å². The van der Waals surface area contributed by atoms with Gasteiger partial charge in [-0.05, 0) is 17.7 Å². The molecule has 29 heavy (non-hydrogen) atoms. The highest BCUT2D eigenvalue weighted by Crippen LogP contribution is 2.24. The van der Waals surface area contributed by atoms with Crippen LogP contribution in [0.2, 0.25) is 10.0 Å². The lowest BCUT2D eigenvalue weighted by atomic mass is 10.1. The van der Waals surface area contributed by atoms with Crippen LogP contribution >= 0.6 is 23.2 Å². The van der Waals surface area contributed by atoms with Gasteiger partial charge in [-0.15, -0.1) is 0 Å². The molecule has 162 valence electrons. The van der Waals surface area contributed by atoms with Crippen LogP contribution in [0.15, 0.2) is 18.2 Å². The van der Waals surface area contributed by atoms with E-state index in [-0.39, 0.29) is 6.42 Å². The van der Waals surface area contributed by atoms with Crippen LogP contribution in [0.25, 0.3) is 0 Å². The summed E-state index contributed by atoms with van der Waals surface area (Å²) in [5.41, 5.74) is 9.56. The number of nitrogens with one attached hydrogen (secondary N) is 3. The largest absolute Gasteiger partial charge is 0.480 e. The number of rotatable bonds is 5. The zero-order valence-corrected chi connectivity index (χ0v) is 16.6. The Balaban J connectivity index is 0. The molecule has 0 heterocycles. The van der Waals surface area contributed by atoms with Crippen molar-refractivity contribution in [3.8, 4) is 0 Å². The third kappa shape index (κ3) is 15.6. The minimum absolute atomic E-state index is 0.00190. The Morgan fingerprint density at radius 3 is 1.86 bits per heavy atom. The van der Waals surface area contributed by atoms with Crippen molar-refractivity contribution in [2.45, 2.75) is 19.4 Å². The average Bonchev–Trinajstić information content (AvgIpc) is 2.55. The fourth-order valence-electron chi connectivity index (χ4n) is 1.49. The number of halogens is 2. The molecule has 0 bridgehead atoms. The number of primary amides is 1. The lowest BCUT2D eigenvalue weighted by molar-refractivity contribution is -0.142. The van der Waals surface area contributed by atoms with E-state index in [1.54, 1.807) is 18.2 Å². The number of aliphatic hydroxyl groups is 1. The third-order valence-electron chi connectivity index (χ3n) is 2.53. The minimum atomic E-state index is -1.33. The Hall–Kier alpha value is -3.09. The molecule has 1 aromatic rings. The number of nitrogens with two attached hydrogens (primary N) is 2. The summed E-state index contributed by atoms with van der Waals surface area (Å²) in [7, 11) is 0. The zero-order valence-electron chi connectivity index (χ0n) is 15.1. The number of carbonyl (C=O) groups excluding carboxylic acids is 2. The van der Waals surface area contributed by atoms with Crippen LogP contribution in [-0.4, -0.2) is 57.8 Å². The molecular formula is C15H21Cl2N5O7. The van der Waals surface area contributed by atoms with Crippen LogP contribution in [0.3, 0.4) is 0 Å². The summed E-state index contributed by atoms with van der Waals surface area (Å²) in [6.07, 6.45) is -1.34. The number of carbonyl (C=O) groups is 4. The average molecular weight is 454 g/mol. The van der Waals surface area contributed by atoms with Crippen LogP contribution in [0, 0.1) is 5.41 Å². The van der Waals surface area contributed by atoms with Gasteiger partial charge in [0, 0.05) is 17.0 Å². The molecule has 0 aliphatic heterocycles. The molecule has 0 aliphatic rings. The number of amides is 3. The number of aliphatic carboxylic acids is 1. The van der Waals surface area contributed by atoms with Crippen LogP contribution in [0.4, 0.5) is 4.79 Å². The molecule has 10 N–H and O–H groups in total. The first-order valence-electron chi connectivity index (χ1n) is 7.47. The van der Waals surface area contributed by atoms with Crippen molar-refractivity contribution in [3.05, 3.63) is 33.8 Å². The summed E-state index contributed by atoms with van der Waals surface area (Å²) >= 11 is 11.7. The number of carboxylic acids is 1. The van der Waals surface area contributed by atoms with Crippen LogP contribution in [0.1, 0.15) is 12.5 Å². The van der Waals surface area contributed by atoms with E-state index < -0.39 is 42.5 Å². The van der Waals surface area contributed by atoms with E-state index in [0.29, 0.717) is 15.6 Å². The molecular weight excluding hydrogens is 433 g/mol. The highest BCUT2D eigenvalue weighted by molar-refractivity contribution is 6.36. The lowest BCUT2D eigenvalue weighted by Gasteiger charge is -2.08. The van der Waals surface area contributed by atoms with E-state index >= 15 is 0 Å². The Bertz CT molecular complexity index is 722. The van der Waals surface area contributed by atoms with Crippen LogP contribution in [0.5, 0.6) is 0 Å². The van der Waals surface area contributed by atoms with E-state index in [2.05, 4.69) is 11.1 Å². The number of hydrogen-bond acceptors (Lipinski definition) is 6. The summed E-state index contributed by atoms with van der Waals surface area (Å²) in [6.45, 7) is 0.598. The number of aliphatic hydroxyl groups excluding tert-OH is 1. The normalized spacial score (nSPS) is 10.1. The summed E-state index contributed by atoms with van der Waals surface area (Å²) < 4.78 is 0. The van der Waals surface area contributed by atoms with Crippen molar-refractivity contribution in [1.29, 1.82) is 5.41 Å². The molecule has 0 unspecified atom stereocenters. The molecule has 0 radical (unpaired) electrons. The maximum Gasteiger partial charge on any atom is 0.402 e. The Morgan fingerprint density at radius 2 is 1.59 bits per heavy atom. The smallest absolute Gasteiger partial charge is 0.402 e. The van der Waals surface area contributed by atoms with Gasteiger partial charge in [-0.1, -0.05) is 29.3 Å². The third-order valence-corrected chi connectivity index (χ3v) is 3.24. The fourth-order valence-corrected chi connectivity index (χ4v) is 2.02. The van der Waals surface area contributed by atoms with Crippen molar-refractivity contribution in [2.75, 3.05) is 6.61 Å². The molecule has 0 aliphatic carbocycles. The van der Waals surface area contributed by atoms with Gasteiger partial charge < -0.3 is 32.1 Å². The molecule has 0 saturated heterocycles. The van der Waals surface area contributed by atoms with Gasteiger partial charge in [0.25, 0.3) is 0 Å². The molecule has 1 rings (SSSR count). The molecule has 12 nitrogen and oxygen atoms in total. The van der Waals surface area contributed by atoms with Gasteiger partial charge in [-0.3, -0.25) is 20.3 Å². The molecule has 0 aromatic heterocycles. The van der Waals surface area contributed by atoms with Crippen LogP contribution in [-0.2, 0) is 20.8 Å². The first-order valence-corrected chi connectivity index (χ1v) is 8.23. The minimum Gasteiger partial charge on any atom is -0.480 e. The van der Waals surface area contributed by atoms with E-state index in [4.69, 9.17) is 54.5 Å². The second-order valence-electron chi connectivity index (χ2n) is 4.95. The monoisotopic (exact) mass is 453 g/mol. The van der Waals surface area contributed by atoms with Gasteiger partial charge in [0.15, 0.2) is 5.96 Å². The Morgan fingerprint density at radius 1 is 1.14 bits per heavy atom. The van der Waals surface area contributed by atoms with Gasteiger partial charge >= 0.3 is 12.1 Å². The van der Waals surface area contributed by atoms with E-state index in [9.17, 15) is 14.4 Å². The van der Waals surface area contributed by atoms with Crippen molar-refractivity contribution in [3.63, 3.8) is 0 Å². The van der Waals surface area contributed by atoms with Crippen LogP contribution < -0.4 is 22.1 Å². The van der Waals surface area contributed by atoms with Crippen molar-refractivity contribution in [1.82, 2.24) is 10.6 Å². The maximum absolute atomic E-state index is 11.3. The standard InChI is InChI=1S/C9H9Cl2N3O.C5H9NO4.CH3NO2/c10-6-2-1-3-7(11)5(6)4-8(15)14-9(12)13;1-3(8)6-4(2-7)5(9)10;2-1(3)4/h1-3H,4H2,(H4,12,13,14,15);4,7H,2H2,1H3,(H,6,8)(H,9,10);2H2,(H,3,4)/t;4-;/m.0./s1. The second kappa shape index (κ2) is 14.9. The molecule has 3 amide bonds. The predicted octanol–water partition coefficient (Wildman–Crippen LogP) is -0.263. The van der Waals surface area contributed by atoms with Gasteiger partial charge in [0.1, 0.15) is 6.04 Å². The van der Waals surface area contributed by atoms with Gasteiger partial charge in [0.05, 0.1) is 13.0 Å². The maximum atomic E-state index is 11.3. The number of benzene rings is 1. The van der Waals surface area contributed by atoms with Crippen molar-refractivity contribution >= 4 is 53.0 Å². The van der Waals surface area contributed by atoms with Gasteiger partial charge in [-0.2, -0.15) is 0 Å². The molecule has 14 heteroatoms. The molecule has 0 spiro atoms. The van der Waals surface area contributed by atoms with Gasteiger partial charge in [0.2, 0.25) is 11.8 Å². The van der Waals surface area contributed by atoms with E-state index in [1.165, 1.54) is 6.92 Å². The summed E-state index contributed by atoms with van der Waals surface area (Å²) in [5, 5.41) is 35.7. The topological polar surface area (TPSA) is 229 Å². The first-order chi connectivity index (χ1) is 13.3. The summed E-state index contributed by atoms with van der Waals surface area (Å²) in [4.78, 5) is 40.4. The highest BCUT2D eigenvalue weighted by atomic mass is 35.5. The predicted molar refractivity (Wildman–Crippen MR) is 105 cm³/mol. The zero-order chi connectivity index (χ0) is 23.1. The summed E-state index contributed by atoms with van der Waals surface area (Å²) in [5.74, 6) is -2.53. The highest BCUT2D eigenvalue weighted by Gasteiger charge is 2.15. The molecule has 0 saturated carbocycles. The Kier molecular flexibility index (Phi) is 14.5. The fraction of sp³-hybridized carbons (Fsp3) is 0.267. The van der Waals surface area contributed by atoms with E-state index in [1.807, 2.05) is 5.32 Å². The van der Waals surface area contributed by atoms with Gasteiger partial charge in [-0.25, -0.2) is 9.59 Å². The second-order valence-corrected chi connectivity index (χ2v) is 5.77. The molecule has 0 fully saturated rings. The molecule has 1 aromatic carbocycles. The number of carboxylic acid groups (broad SMARTS) is 2. The SMILES string of the molecule is CC(=O)N[C@@H](CO)C(=O)O.N=C(N)NC(=O)Cc1c(Cl)cccc1Cl.NC(=O)O. The van der Waals surface area contributed by atoms with E-state index in [0.717, 1.165) is 0 Å². The summed E-state index contributed by atoms with van der Waals surface area (Å²) in [6, 6.07) is 3.79. The quantitative estimate of drug-likeness (QED) is 0.218. The lowest BCUT2D eigenvalue weighted by Crippen LogP contribution is -2.42. The first kappa shape index (κ1) is 28.1. The Labute approximate surface area is 175 Å². The molecule has 1 atom stereocenters.